The Labute approximate surface area is 236 Å². The Hall–Kier alpha value is -3.14. The van der Waals surface area contributed by atoms with Gasteiger partial charge in [0.15, 0.2) is 0 Å². The predicted molar refractivity (Wildman–Crippen MR) is 152 cm³/mol. The summed E-state index contributed by atoms with van der Waals surface area (Å²) in [7, 11) is 0. The molecule has 0 spiro atoms. The number of aromatic nitrogens is 2. The van der Waals surface area contributed by atoms with Crippen molar-refractivity contribution >= 4 is 34.8 Å². The first-order valence-electron chi connectivity index (χ1n) is 15.0. The summed E-state index contributed by atoms with van der Waals surface area (Å²) >= 11 is 0. The van der Waals surface area contributed by atoms with E-state index in [1.165, 1.54) is 18.4 Å². The zero-order chi connectivity index (χ0) is 28.0. The van der Waals surface area contributed by atoms with Crippen molar-refractivity contribution in [1.29, 1.82) is 0 Å². The van der Waals surface area contributed by atoms with E-state index in [4.69, 9.17) is 9.72 Å². The normalized spacial score (nSPS) is 22.2. The molecule has 6 rings (SSSR count). The lowest BCUT2D eigenvalue weighted by molar-refractivity contribution is -0.120. The van der Waals surface area contributed by atoms with Gasteiger partial charge in [-0.1, -0.05) is 0 Å². The average Bonchev–Trinajstić information content (AvgIpc) is 3.69. The number of amides is 4. The molecule has 2 aromatic heterocycles. The highest BCUT2D eigenvalue weighted by atomic mass is 16.6. The van der Waals surface area contributed by atoms with Gasteiger partial charge in [0.1, 0.15) is 11.2 Å². The van der Waals surface area contributed by atoms with E-state index in [1.54, 1.807) is 11.1 Å². The van der Waals surface area contributed by atoms with Gasteiger partial charge in [0, 0.05) is 63.3 Å². The largest absolute Gasteiger partial charge is 0.444 e. The summed E-state index contributed by atoms with van der Waals surface area (Å²) in [4.78, 5) is 47.4. The summed E-state index contributed by atoms with van der Waals surface area (Å²) in [5, 5.41) is 3.56. The van der Waals surface area contributed by atoms with Crippen molar-refractivity contribution in [2.75, 3.05) is 44.2 Å². The maximum absolute atomic E-state index is 12.4. The topological polar surface area (TPSA) is 100 Å². The molecule has 2 aromatic rings. The quantitative estimate of drug-likeness (QED) is 0.582. The van der Waals surface area contributed by atoms with E-state index in [9.17, 15) is 14.4 Å². The van der Waals surface area contributed by atoms with Crippen LogP contribution in [-0.2, 0) is 9.53 Å². The van der Waals surface area contributed by atoms with Crippen LogP contribution in [0.4, 0.5) is 15.3 Å². The maximum atomic E-state index is 12.4. The second kappa shape index (κ2) is 10.7. The predicted octanol–water partition coefficient (Wildman–Crippen LogP) is 4.64. The summed E-state index contributed by atoms with van der Waals surface area (Å²) in [5.74, 6) is 0.966. The molecule has 4 aliphatic rings. The number of carbonyl (C=O) groups is 3. The number of fused-ring (bicyclic) bond motifs is 1. The lowest BCUT2D eigenvalue weighted by atomic mass is 9.95. The molecule has 1 saturated carbocycles. The number of nitrogens with zero attached hydrogens (tertiary/aromatic N) is 5. The van der Waals surface area contributed by atoms with E-state index in [0.717, 1.165) is 75.1 Å². The molecular weight excluding hydrogens is 508 g/mol. The van der Waals surface area contributed by atoms with Crippen molar-refractivity contribution in [2.45, 2.75) is 83.3 Å². The number of pyridine rings is 1. The van der Waals surface area contributed by atoms with Crippen LogP contribution in [0.2, 0.25) is 0 Å². The first-order valence-corrected chi connectivity index (χ1v) is 15.0. The molecule has 3 aliphatic heterocycles. The SMILES string of the molecule is CC(C)(C)OC(=O)N1CCC(CN2CCC(n3cc(C4CC4)c4cc(N5CCC(=O)NC5=O)cnc43)CC2)CC1. The smallest absolute Gasteiger partial charge is 0.410 e. The zero-order valence-corrected chi connectivity index (χ0v) is 24.0. The highest BCUT2D eigenvalue weighted by molar-refractivity contribution is 6.06. The van der Waals surface area contributed by atoms with E-state index < -0.39 is 5.60 Å². The number of piperidine rings is 2. The molecule has 4 amide bonds. The molecule has 10 nitrogen and oxygen atoms in total. The van der Waals surface area contributed by atoms with Gasteiger partial charge in [0.05, 0.1) is 11.9 Å². The minimum atomic E-state index is -0.452. The Morgan fingerprint density at radius 2 is 1.75 bits per heavy atom. The van der Waals surface area contributed by atoms with Gasteiger partial charge >= 0.3 is 12.1 Å². The standard InChI is InChI=1S/C30H42N6O4/c1-30(2,3)40-29(39)34-13-6-20(7-14-34)18-33-11-8-22(9-12-33)36-19-25(21-4-5-21)24-16-23(17-31-27(24)36)35-15-10-26(37)32-28(35)38/h16-17,19-22H,4-15,18H2,1-3H3,(H,32,37,38). The maximum Gasteiger partial charge on any atom is 0.410 e. The van der Waals surface area contributed by atoms with E-state index >= 15 is 0 Å². The third-order valence-electron chi connectivity index (χ3n) is 8.80. The molecular formula is C30H42N6O4. The highest BCUT2D eigenvalue weighted by Gasteiger charge is 2.33. The van der Waals surface area contributed by atoms with Crippen LogP contribution in [-0.4, -0.2) is 82.3 Å². The summed E-state index contributed by atoms with van der Waals surface area (Å²) in [5.41, 5.74) is 2.65. The summed E-state index contributed by atoms with van der Waals surface area (Å²) < 4.78 is 7.94. The van der Waals surface area contributed by atoms with Gasteiger partial charge < -0.3 is 19.1 Å². The Balaban J connectivity index is 1.07. The number of ether oxygens (including phenoxy) is 1. The number of hydrogen-bond donors (Lipinski definition) is 1. The Bertz CT molecular complexity index is 1280. The Morgan fingerprint density at radius 3 is 2.40 bits per heavy atom. The van der Waals surface area contributed by atoms with Crippen LogP contribution in [0.3, 0.4) is 0 Å². The fraction of sp³-hybridized carbons (Fsp3) is 0.667. The van der Waals surface area contributed by atoms with Gasteiger partial charge in [-0.05, 0) is 82.8 Å². The molecule has 40 heavy (non-hydrogen) atoms. The fourth-order valence-corrected chi connectivity index (χ4v) is 6.47. The number of rotatable bonds is 5. The number of urea groups is 1. The van der Waals surface area contributed by atoms with Crippen LogP contribution in [0, 0.1) is 5.92 Å². The van der Waals surface area contributed by atoms with Crippen LogP contribution < -0.4 is 10.2 Å². The Morgan fingerprint density at radius 1 is 1.02 bits per heavy atom. The molecule has 0 aromatic carbocycles. The lowest BCUT2D eigenvalue weighted by Gasteiger charge is -2.38. The summed E-state index contributed by atoms with van der Waals surface area (Å²) in [6.45, 7) is 10.9. The first kappa shape index (κ1) is 27.1. The number of hydrogen-bond acceptors (Lipinski definition) is 6. The number of imide groups is 1. The molecule has 216 valence electrons. The molecule has 0 bridgehead atoms. The van der Waals surface area contributed by atoms with E-state index in [0.29, 0.717) is 30.8 Å². The van der Waals surface area contributed by atoms with Crippen molar-refractivity contribution in [3.63, 3.8) is 0 Å². The van der Waals surface area contributed by atoms with E-state index in [-0.39, 0.29) is 18.0 Å². The van der Waals surface area contributed by atoms with Gasteiger partial charge in [-0.3, -0.25) is 15.0 Å². The van der Waals surface area contributed by atoms with Crippen LogP contribution in [0.1, 0.15) is 83.2 Å². The summed E-state index contributed by atoms with van der Waals surface area (Å²) in [6.07, 6.45) is 10.9. The molecule has 0 unspecified atom stereocenters. The van der Waals surface area contributed by atoms with Crippen LogP contribution >= 0.6 is 0 Å². The third-order valence-corrected chi connectivity index (χ3v) is 8.80. The van der Waals surface area contributed by atoms with Gasteiger partial charge in [0.2, 0.25) is 5.91 Å². The van der Waals surface area contributed by atoms with E-state index in [1.807, 2.05) is 25.7 Å². The fourth-order valence-electron chi connectivity index (χ4n) is 6.47. The number of carbonyl (C=O) groups excluding carboxylic acids is 3. The molecule has 5 heterocycles. The molecule has 10 heteroatoms. The van der Waals surface area contributed by atoms with Crippen molar-refractivity contribution in [2.24, 2.45) is 5.92 Å². The number of likely N-dealkylation sites (tertiary alicyclic amines) is 2. The highest BCUT2D eigenvalue weighted by Crippen LogP contribution is 2.45. The van der Waals surface area contributed by atoms with Gasteiger partial charge in [-0.25, -0.2) is 14.6 Å². The second-order valence-electron chi connectivity index (χ2n) is 13.0. The van der Waals surface area contributed by atoms with Gasteiger partial charge in [0.25, 0.3) is 0 Å². The molecule has 1 aliphatic carbocycles. The zero-order valence-electron chi connectivity index (χ0n) is 24.0. The molecule has 1 N–H and O–H groups in total. The summed E-state index contributed by atoms with van der Waals surface area (Å²) in [6, 6.07) is 2.14. The van der Waals surface area contributed by atoms with Crippen molar-refractivity contribution in [3.05, 3.63) is 24.0 Å². The van der Waals surface area contributed by atoms with Crippen LogP contribution in [0.15, 0.2) is 18.5 Å². The van der Waals surface area contributed by atoms with Crippen LogP contribution in [0.5, 0.6) is 0 Å². The van der Waals surface area contributed by atoms with E-state index in [2.05, 4.69) is 27.0 Å². The number of nitrogens with one attached hydrogen (secondary N) is 1. The molecule has 4 fully saturated rings. The molecule has 0 atom stereocenters. The van der Waals surface area contributed by atoms with Crippen molar-refractivity contribution < 1.29 is 19.1 Å². The monoisotopic (exact) mass is 550 g/mol. The van der Waals surface area contributed by atoms with Gasteiger partial charge in [-0.2, -0.15) is 0 Å². The minimum absolute atomic E-state index is 0.189. The molecule has 0 radical (unpaired) electrons. The minimum Gasteiger partial charge on any atom is -0.444 e. The molecule has 3 saturated heterocycles. The third kappa shape index (κ3) is 5.82. The average molecular weight is 551 g/mol. The second-order valence-corrected chi connectivity index (χ2v) is 13.0. The Kier molecular flexibility index (Phi) is 7.23. The van der Waals surface area contributed by atoms with Crippen molar-refractivity contribution in [1.82, 2.24) is 24.7 Å². The first-order chi connectivity index (χ1) is 19.1. The lowest BCUT2D eigenvalue weighted by Crippen LogP contribution is -2.49. The van der Waals surface area contributed by atoms with Crippen LogP contribution in [0.25, 0.3) is 11.0 Å². The van der Waals surface area contributed by atoms with Crippen molar-refractivity contribution in [3.8, 4) is 0 Å². The number of anilines is 1. The van der Waals surface area contributed by atoms with Gasteiger partial charge in [-0.15, -0.1) is 0 Å².